The fourth-order valence-electron chi connectivity index (χ4n) is 4.58. The number of carbonyl (C=O) groups is 1. The molecular weight excluding hydrogens is 377 g/mol. The van der Waals surface area contributed by atoms with Gasteiger partial charge in [-0.05, 0) is 51.9 Å². The van der Waals surface area contributed by atoms with E-state index in [1.807, 2.05) is 18.2 Å². The Morgan fingerprint density at radius 1 is 1.23 bits per heavy atom. The molecule has 2 aliphatic rings. The monoisotopic (exact) mass is 411 g/mol. The Hall–Kier alpha value is -1.88. The van der Waals surface area contributed by atoms with E-state index in [1.165, 1.54) is 12.5 Å². The summed E-state index contributed by atoms with van der Waals surface area (Å²) < 4.78 is 12.3. The van der Waals surface area contributed by atoms with Crippen LogP contribution in [-0.2, 0) is 20.6 Å². The second kappa shape index (κ2) is 8.70. The summed E-state index contributed by atoms with van der Waals surface area (Å²) in [5.74, 6) is 0.107. The normalized spacial score (nSPS) is 28.1. The molecule has 2 atom stereocenters. The molecule has 30 heavy (non-hydrogen) atoms. The Labute approximate surface area is 181 Å². The molecule has 0 saturated carbocycles. The Kier molecular flexibility index (Phi) is 6.61. The number of rotatable bonds is 6. The van der Waals surface area contributed by atoms with Gasteiger partial charge in [-0.2, -0.15) is 5.26 Å². The minimum absolute atomic E-state index is 0.164. The van der Waals surface area contributed by atoms with Gasteiger partial charge in [-0.15, -0.1) is 0 Å². The Morgan fingerprint density at radius 2 is 1.87 bits per heavy atom. The summed E-state index contributed by atoms with van der Waals surface area (Å²) in [6.45, 7) is 11.9. The highest BCUT2D eigenvalue weighted by Gasteiger charge is 2.51. The van der Waals surface area contributed by atoms with Crippen LogP contribution in [-0.4, -0.2) is 47.8 Å². The Bertz CT molecular complexity index is 777. The topological polar surface area (TPSA) is 74.6 Å². The predicted molar refractivity (Wildman–Crippen MR) is 117 cm³/mol. The van der Waals surface area contributed by atoms with Crippen molar-refractivity contribution in [2.45, 2.75) is 77.1 Å². The van der Waals surface area contributed by atoms with Crippen LogP contribution in [0.25, 0.3) is 0 Å². The second-order valence-electron chi connectivity index (χ2n) is 9.86. The van der Waals surface area contributed by atoms with Gasteiger partial charge in [-0.3, -0.25) is 9.69 Å². The average molecular weight is 411 g/mol. The summed E-state index contributed by atoms with van der Waals surface area (Å²) in [6, 6.07) is 12.7. The van der Waals surface area contributed by atoms with E-state index < -0.39 is 5.54 Å². The molecule has 1 aromatic rings. The predicted octanol–water partition coefficient (Wildman–Crippen LogP) is 3.39. The van der Waals surface area contributed by atoms with Gasteiger partial charge < -0.3 is 14.6 Å². The summed E-state index contributed by atoms with van der Waals surface area (Å²) in [5, 5.41) is 12.9. The molecule has 0 aromatic heterocycles. The molecule has 3 rings (SSSR count). The lowest BCUT2D eigenvalue weighted by molar-refractivity contribution is -0.121. The molecule has 162 valence electrons. The lowest BCUT2D eigenvalue weighted by Gasteiger charge is -2.43. The number of hydrogen-bond acceptors (Lipinski definition) is 5. The lowest BCUT2D eigenvalue weighted by atomic mass is 9.74. The number of likely N-dealkylation sites (tertiary alicyclic amines) is 1. The highest BCUT2D eigenvalue weighted by atomic mass is 16.7. The molecule has 0 aliphatic carbocycles. The molecule has 0 spiro atoms. The van der Waals surface area contributed by atoms with Gasteiger partial charge in [0.05, 0.1) is 17.3 Å². The van der Waals surface area contributed by atoms with Crippen LogP contribution in [0.3, 0.4) is 0 Å². The molecule has 2 heterocycles. The van der Waals surface area contributed by atoms with Crippen LogP contribution in [0.5, 0.6) is 0 Å². The molecule has 2 fully saturated rings. The molecule has 0 bridgehead atoms. The second-order valence-corrected chi connectivity index (χ2v) is 9.86. The van der Waals surface area contributed by atoms with E-state index in [2.05, 4.69) is 56.1 Å². The minimum atomic E-state index is -0.862. The molecule has 0 radical (unpaired) electrons. The Morgan fingerprint density at radius 3 is 2.43 bits per heavy atom. The van der Waals surface area contributed by atoms with E-state index >= 15 is 0 Å². The van der Waals surface area contributed by atoms with Gasteiger partial charge in [-0.1, -0.05) is 36.8 Å². The first-order valence-electron chi connectivity index (χ1n) is 10.9. The first-order valence-corrected chi connectivity index (χ1v) is 10.9. The van der Waals surface area contributed by atoms with Crippen LogP contribution < -0.4 is 5.32 Å². The van der Waals surface area contributed by atoms with E-state index in [9.17, 15) is 10.1 Å². The summed E-state index contributed by atoms with van der Waals surface area (Å²) in [6.07, 6.45) is 2.30. The van der Waals surface area contributed by atoms with Crippen molar-refractivity contribution in [2.24, 2.45) is 5.92 Å². The third-order valence-corrected chi connectivity index (χ3v) is 6.64. The van der Waals surface area contributed by atoms with Crippen LogP contribution in [0.4, 0.5) is 0 Å². The van der Waals surface area contributed by atoms with Crippen LogP contribution >= 0.6 is 0 Å². The highest BCUT2D eigenvalue weighted by molar-refractivity contribution is 6.45. The van der Waals surface area contributed by atoms with Gasteiger partial charge >= 0.3 is 7.12 Å². The van der Waals surface area contributed by atoms with Crippen LogP contribution in [0, 0.1) is 17.2 Å². The van der Waals surface area contributed by atoms with Crippen molar-refractivity contribution in [3.05, 3.63) is 35.9 Å². The lowest BCUT2D eigenvalue weighted by Crippen LogP contribution is -2.59. The number of nitriles is 1. The van der Waals surface area contributed by atoms with Crippen molar-refractivity contribution in [3.8, 4) is 6.07 Å². The Balaban J connectivity index is 1.69. The summed E-state index contributed by atoms with van der Waals surface area (Å²) in [5.41, 5.74) is -0.329. The van der Waals surface area contributed by atoms with Gasteiger partial charge in [-0.25, -0.2) is 0 Å². The molecule has 0 unspecified atom stereocenters. The largest absolute Gasteiger partial charge is 0.457 e. The van der Waals surface area contributed by atoms with E-state index in [0.29, 0.717) is 13.0 Å². The van der Waals surface area contributed by atoms with Crippen LogP contribution in [0.15, 0.2) is 30.3 Å². The van der Waals surface area contributed by atoms with Gasteiger partial charge in [0.25, 0.3) is 0 Å². The standard InChI is InChI=1S/C23H34BN3O3/c1-18(28)26-23(16-25)13-20(11-12-24-29-21(2,3)22(4,5)30-24)15-27(17-23)14-19-9-7-6-8-10-19/h6-10,20H,11-15,17H2,1-5H3,(H,26,28)/t20-,23-/m0/s1. The molecular formula is C23H34BN3O3. The van der Waals surface area contributed by atoms with E-state index in [0.717, 1.165) is 25.8 Å². The highest BCUT2D eigenvalue weighted by Crippen LogP contribution is 2.39. The van der Waals surface area contributed by atoms with Gasteiger partial charge in [0, 0.05) is 26.6 Å². The van der Waals surface area contributed by atoms with Gasteiger partial charge in [0.1, 0.15) is 5.54 Å². The van der Waals surface area contributed by atoms with E-state index in [1.54, 1.807) is 0 Å². The summed E-state index contributed by atoms with van der Waals surface area (Å²) in [4.78, 5) is 14.1. The number of nitrogens with one attached hydrogen (secondary N) is 1. The van der Waals surface area contributed by atoms with Crippen LogP contribution in [0.1, 0.15) is 53.0 Å². The molecule has 6 nitrogen and oxygen atoms in total. The van der Waals surface area contributed by atoms with Crippen molar-refractivity contribution in [1.29, 1.82) is 5.26 Å². The molecule has 1 aromatic carbocycles. The van der Waals surface area contributed by atoms with E-state index in [4.69, 9.17) is 9.31 Å². The quantitative estimate of drug-likeness (QED) is 0.727. The first-order chi connectivity index (χ1) is 14.0. The number of piperidine rings is 1. The molecule has 7 heteroatoms. The number of amides is 1. The smallest absolute Gasteiger partial charge is 0.403 e. The number of carbonyl (C=O) groups excluding carboxylic acids is 1. The first kappa shape index (κ1) is 22.8. The van der Waals surface area contributed by atoms with Gasteiger partial charge in [0.15, 0.2) is 0 Å². The fourth-order valence-corrected chi connectivity index (χ4v) is 4.58. The minimum Gasteiger partial charge on any atom is -0.403 e. The molecule has 2 aliphatic heterocycles. The molecule has 1 N–H and O–H groups in total. The maximum atomic E-state index is 11.8. The van der Waals surface area contributed by atoms with Crippen molar-refractivity contribution in [2.75, 3.05) is 13.1 Å². The van der Waals surface area contributed by atoms with E-state index in [-0.39, 0.29) is 30.1 Å². The van der Waals surface area contributed by atoms with Crippen molar-refractivity contribution >= 4 is 13.0 Å². The average Bonchev–Trinajstić information content (AvgIpc) is 2.87. The zero-order valence-corrected chi connectivity index (χ0v) is 18.9. The van der Waals surface area contributed by atoms with Crippen molar-refractivity contribution in [3.63, 3.8) is 0 Å². The SMILES string of the molecule is CC(=O)N[C@]1(C#N)C[C@H](CCB2OC(C)(C)C(C)(C)O2)CN(Cc2ccccc2)C1. The third kappa shape index (κ3) is 5.24. The zero-order chi connectivity index (χ0) is 22.0. The van der Waals surface area contributed by atoms with Gasteiger partial charge in [0.2, 0.25) is 5.91 Å². The van der Waals surface area contributed by atoms with Crippen LogP contribution in [0.2, 0.25) is 6.32 Å². The maximum Gasteiger partial charge on any atom is 0.457 e. The molecule has 2 saturated heterocycles. The zero-order valence-electron chi connectivity index (χ0n) is 18.9. The van der Waals surface area contributed by atoms with Crippen molar-refractivity contribution in [1.82, 2.24) is 10.2 Å². The van der Waals surface area contributed by atoms with Crippen molar-refractivity contribution < 1.29 is 14.1 Å². The number of benzene rings is 1. The number of nitrogens with zero attached hydrogens (tertiary/aromatic N) is 2. The summed E-state index contributed by atoms with van der Waals surface area (Å²) >= 11 is 0. The molecule has 1 amide bonds. The fraction of sp³-hybridized carbons (Fsp3) is 0.652. The number of hydrogen-bond donors (Lipinski definition) is 1. The third-order valence-electron chi connectivity index (χ3n) is 6.64. The maximum absolute atomic E-state index is 11.8. The summed E-state index contributed by atoms with van der Waals surface area (Å²) in [7, 11) is -0.239.